The molecule has 0 amide bonds. The molecule has 102 valence electrons. The average molecular weight is 272 g/mol. The second-order valence-corrected chi connectivity index (χ2v) is 7.24. The fourth-order valence-corrected chi connectivity index (χ4v) is 2.99. The molecule has 6 nitrogen and oxygen atoms in total. The third kappa shape index (κ3) is 2.90. The molecule has 7 heteroatoms. The van der Waals surface area contributed by atoms with Gasteiger partial charge in [-0.05, 0) is 17.8 Å². The molecule has 0 aliphatic heterocycles. The van der Waals surface area contributed by atoms with Crippen LogP contribution < -0.4 is 10.5 Å². The zero-order valence-electron chi connectivity index (χ0n) is 10.8. The molecule has 0 bridgehead atoms. The highest BCUT2D eigenvalue weighted by molar-refractivity contribution is 7.89. The fraction of sp³-hybridized carbons (Fsp3) is 0.727. The molecule has 3 N–H and O–H groups in total. The van der Waals surface area contributed by atoms with Crippen molar-refractivity contribution in [2.75, 3.05) is 13.1 Å². The molecule has 1 aliphatic rings. The monoisotopic (exact) mass is 272 g/mol. The van der Waals surface area contributed by atoms with Gasteiger partial charge < -0.3 is 5.73 Å². The standard InChI is InChI=1S/C11H20N4O2S/c1-11(2)5-9(11)6-14-18(16,17)10-7-13-15(8-10)4-3-12/h7-9,14H,3-6,12H2,1-2H3. The average Bonchev–Trinajstić information content (AvgIpc) is 2.71. The summed E-state index contributed by atoms with van der Waals surface area (Å²) in [4.78, 5) is 0.203. The van der Waals surface area contributed by atoms with E-state index in [1.807, 2.05) is 0 Å². The Bertz CT molecular complexity index is 521. The van der Waals surface area contributed by atoms with Crippen molar-refractivity contribution in [2.24, 2.45) is 17.1 Å². The first-order valence-corrected chi connectivity index (χ1v) is 7.56. The quantitative estimate of drug-likeness (QED) is 0.772. The molecule has 1 unspecified atom stereocenters. The number of nitrogens with two attached hydrogens (primary N) is 1. The molecule has 0 saturated heterocycles. The Labute approximate surface area is 108 Å². The van der Waals surface area contributed by atoms with Gasteiger partial charge in [-0.3, -0.25) is 4.68 Å². The van der Waals surface area contributed by atoms with Crippen LogP contribution >= 0.6 is 0 Å². The smallest absolute Gasteiger partial charge is 0.243 e. The molecule has 1 aromatic rings. The maximum absolute atomic E-state index is 12.0. The van der Waals surface area contributed by atoms with Crippen LogP contribution in [0.2, 0.25) is 0 Å². The lowest BCUT2D eigenvalue weighted by Crippen LogP contribution is -2.26. The van der Waals surface area contributed by atoms with Gasteiger partial charge in [-0.15, -0.1) is 0 Å². The van der Waals surface area contributed by atoms with E-state index in [4.69, 9.17) is 5.73 Å². The number of sulfonamides is 1. The van der Waals surface area contributed by atoms with E-state index in [9.17, 15) is 8.42 Å². The number of rotatable bonds is 6. The van der Waals surface area contributed by atoms with E-state index in [0.29, 0.717) is 25.6 Å². The van der Waals surface area contributed by atoms with Gasteiger partial charge in [-0.1, -0.05) is 13.8 Å². The van der Waals surface area contributed by atoms with Gasteiger partial charge in [-0.25, -0.2) is 13.1 Å². The molecular weight excluding hydrogens is 252 g/mol. The van der Waals surface area contributed by atoms with Crippen LogP contribution in [0, 0.1) is 11.3 Å². The molecule has 1 aromatic heterocycles. The van der Waals surface area contributed by atoms with Gasteiger partial charge in [0.05, 0.1) is 12.7 Å². The van der Waals surface area contributed by atoms with Crippen molar-refractivity contribution in [1.29, 1.82) is 0 Å². The Morgan fingerprint density at radius 1 is 1.61 bits per heavy atom. The normalized spacial score (nSPS) is 22.1. The topological polar surface area (TPSA) is 90.0 Å². The van der Waals surface area contributed by atoms with Crippen LogP contribution in [0.5, 0.6) is 0 Å². The predicted molar refractivity (Wildman–Crippen MR) is 68.4 cm³/mol. The molecule has 0 radical (unpaired) electrons. The Morgan fingerprint density at radius 2 is 2.28 bits per heavy atom. The Hall–Kier alpha value is -0.920. The maximum Gasteiger partial charge on any atom is 0.243 e. The van der Waals surface area contributed by atoms with E-state index in [2.05, 4.69) is 23.7 Å². The molecule has 1 atom stereocenters. The summed E-state index contributed by atoms with van der Waals surface area (Å²) in [6.07, 6.45) is 3.94. The highest BCUT2D eigenvalue weighted by Gasteiger charge is 2.45. The zero-order valence-corrected chi connectivity index (χ0v) is 11.6. The molecular formula is C11H20N4O2S. The molecule has 1 aliphatic carbocycles. The number of nitrogens with zero attached hydrogens (tertiary/aromatic N) is 2. The van der Waals surface area contributed by atoms with Crippen molar-refractivity contribution in [2.45, 2.75) is 31.7 Å². The van der Waals surface area contributed by atoms with E-state index >= 15 is 0 Å². The Kier molecular flexibility index (Phi) is 3.48. The van der Waals surface area contributed by atoms with E-state index in [1.165, 1.54) is 17.1 Å². The number of hydrogen-bond donors (Lipinski definition) is 2. The first kappa shape index (κ1) is 13.5. The van der Waals surface area contributed by atoms with Crippen molar-refractivity contribution in [3.8, 4) is 0 Å². The second-order valence-electron chi connectivity index (χ2n) is 5.47. The maximum atomic E-state index is 12.0. The number of aromatic nitrogens is 2. The summed E-state index contributed by atoms with van der Waals surface area (Å²) < 4.78 is 28.2. The van der Waals surface area contributed by atoms with Crippen LogP contribution in [0.3, 0.4) is 0 Å². The summed E-state index contributed by atoms with van der Waals surface area (Å²) in [6.45, 7) is 5.74. The summed E-state index contributed by atoms with van der Waals surface area (Å²) in [5, 5.41) is 3.96. The van der Waals surface area contributed by atoms with Gasteiger partial charge in [0.25, 0.3) is 0 Å². The number of hydrogen-bond acceptors (Lipinski definition) is 4. The number of nitrogens with one attached hydrogen (secondary N) is 1. The van der Waals surface area contributed by atoms with Crippen LogP contribution in [0.4, 0.5) is 0 Å². The first-order chi connectivity index (χ1) is 8.35. The van der Waals surface area contributed by atoms with Crippen LogP contribution in [-0.2, 0) is 16.6 Å². The lowest BCUT2D eigenvalue weighted by molar-refractivity contribution is 0.537. The van der Waals surface area contributed by atoms with Crippen molar-refractivity contribution in [1.82, 2.24) is 14.5 Å². The van der Waals surface area contributed by atoms with Gasteiger partial charge in [-0.2, -0.15) is 5.10 Å². The molecule has 2 rings (SSSR count). The summed E-state index contributed by atoms with van der Waals surface area (Å²) in [7, 11) is -3.44. The largest absolute Gasteiger partial charge is 0.329 e. The lowest BCUT2D eigenvalue weighted by Gasteiger charge is -2.05. The predicted octanol–water partition coefficient (Wildman–Crippen LogP) is 0.166. The Balaban J connectivity index is 1.97. The lowest BCUT2D eigenvalue weighted by atomic mass is 10.1. The molecule has 1 heterocycles. The van der Waals surface area contributed by atoms with E-state index < -0.39 is 10.0 Å². The minimum Gasteiger partial charge on any atom is -0.329 e. The van der Waals surface area contributed by atoms with Crippen molar-refractivity contribution >= 4 is 10.0 Å². The van der Waals surface area contributed by atoms with Gasteiger partial charge in [0.15, 0.2) is 0 Å². The van der Waals surface area contributed by atoms with Crippen molar-refractivity contribution < 1.29 is 8.42 Å². The highest BCUT2D eigenvalue weighted by atomic mass is 32.2. The molecule has 0 aromatic carbocycles. The third-order valence-electron chi connectivity index (χ3n) is 3.52. The highest BCUT2D eigenvalue weighted by Crippen LogP contribution is 2.51. The first-order valence-electron chi connectivity index (χ1n) is 6.07. The summed E-state index contributed by atoms with van der Waals surface area (Å²) in [6, 6.07) is 0. The van der Waals surface area contributed by atoms with Gasteiger partial charge in [0.2, 0.25) is 10.0 Å². The molecule has 1 fully saturated rings. The minimum atomic E-state index is -3.44. The SMILES string of the molecule is CC1(C)CC1CNS(=O)(=O)c1cnn(CCN)c1. The van der Waals surface area contributed by atoms with E-state index in [0.717, 1.165) is 6.42 Å². The summed E-state index contributed by atoms with van der Waals surface area (Å²) in [5.74, 6) is 0.436. The van der Waals surface area contributed by atoms with E-state index in [-0.39, 0.29) is 10.3 Å². The molecule has 0 spiro atoms. The van der Waals surface area contributed by atoms with Crippen LogP contribution in [-0.4, -0.2) is 31.3 Å². The van der Waals surface area contributed by atoms with E-state index in [1.54, 1.807) is 0 Å². The van der Waals surface area contributed by atoms with Crippen molar-refractivity contribution in [3.05, 3.63) is 12.4 Å². The van der Waals surface area contributed by atoms with Crippen LogP contribution in [0.15, 0.2) is 17.3 Å². The van der Waals surface area contributed by atoms with Crippen LogP contribution in [0.25, 0.3) is 0 Å². The van der Waals surface area contributed by atoms with Crippen LogP contribution in [0.1, 0.15) is 20.3 Å². The van der Waals surface area contributed by atoms with Crippen molar-refractivity contribution in [3.63, 3.8) is 0 Å². The second kappa shape index (κ2) is 4.64. The fourth-order valence-electron chi connectivity index (χ4n) is 1.96. The van der Waals surface area contributed by atoms with Gasteiger partial charge in [0.1, 0.15) is 4.90 Å². The third-order valence-corrected chi connectivity index (χ3v) is 4.89. The van der Waals surface area contributed by atoms with Gasteiger partial charge in [0, 0.05) is 19.3 Å². The van der Waals surface area contributed by atoms with Gasteiger partial charge >= 0.3 is 0 Å². The summed E-state index contributed by atoms with van der Waals surface area (Å²) in [5.41, 5.74) is 5.66. The zero-order chi connectivity index (χ0) is 13.4. The molecule has 18 heavy (non-hydrogen) atoms. The Morgan fingerprint density at radius 3 is 2.83 bits per heavy atom. The minimum absolute atomic E-state index is 0.203. The molecule has 1 saturated carbocycles. The summed E-state index contributed by atoms with van der Waals surface area (Å²) >= 11 is 0.